The molecule has 8 heteroatoms. The highest BCUT2D eigenvalue weighted by Crippen LogP contribution is 2.29. The number of benzene rings is 1. The van der Waals surface area contributed by atoms with Gasteiger partial charge in [0.05, 0.1) is 5.56 Å². The van der Waals surface area contributed by atoms with E-state index in [0.29, 0.717) is 18.2 Å². The smallest absolute Gasteiger partial charge is 0.330 e. The Morgan fingerprint density at radius 1 is 1.10 bits per heavy atom. The minimum atomic E-state index is -0.440. The van der Waals surface area contributed by atoms with Crippen molar-refractivity contribution in [3.63, 3.8) is 0 Å². The van der Waals surface area contributed by atoms with E-state index in [2.05, 4.69) is 5.32 Å². The Bertz CT molecular complexity index is 1150. The van der Waals surface area contributed by atoms with E-state index < -0.39 is 11.2 Å². The topological polar surface area (TPSA) is 93.4 Å². The third-order valence-electron chi connectivity index (χ3n) is 5.63. The van der Waals surface area contributed by atoms with Gasteiger partial charge in [-0.05, 0) is 49.5 Å². The predicted octanol–water partition coefficient (Wildman–Crippen LogP) is 1.18. The van der Waals surface area contributed by atoms with Crippen LogP contribution in [0.3, 0.4) is 0 Å². The van der Waals surface area contributed by atoms with E-state index in [0.717, 1.165) is 35.8 Å². The van der Waals surface area contributed by atoms with E-state index in [9.17, 15) is 19.2 Å². The van der Waals surface area contributed by atoms with Gasteiger partial charge < -0.3 is 14.8 Å². The lowest BCUT2D eigenvalue weighted by Crippen LogP contribution is -2.37. The molecule has 0 radical (unpaired) electrons. The van der Waals surface area contributed by atoms with Gasteiger partial charge in [-0.3, -0.25) is 19.0 Å². The van der Waals surface area contributed by atoms with Gasteiger partial charge in [0.2, 0.25) is 5.91 Å². The standard InChI is InChI=1S/C23H26N4O4/c1-25-14-17(22(30)26(2)23(25)31)7-12-20(28)27(19-10-11-19)13-15-3-5-16(6-4-15)21(29)24-18-8-9-18/h3-7,12,14,18-19H,8-11,13H2,1-2H3,(H,24,29)/b12-7+. The van der Waals surface area contributed by atoms with Gasteiger partial charge in [-0.1, -0.05) is 12.1 Å². The quantitative estimate of drug-likeness (QED) is 0.678. The van der Waals surface area contributed by atoms with Crippen LogP contribution in [0, 0.1) is 0 Å². The molecule has 0 atom stereocenters. The maximum Gasteiger partial charge on any atom is 0.330 e. The minimum absolute atomic E-state index is 0.0639. The fourth-order valence-electron chi connectivity index (χ4n) is 3.44. The first-order valence-corrected chi connectivity index (χ1v) is 10.5. The van der Waals surface area contributed by atoms with Gasteiger partial charge in [-0.25, -0.2) is 4.79 Å². The summed E-state index contributed by atoms with van der Waals surface area (Å²) in [5.74, 6) is -0.250. The van der Waals surface area contributed by atoms with Crippen LogP contribution in [0.15, 0.2) is 46.1 Å². The lowest BCUT2D eigenvalue weighted by Gasteiger charge is -2.21. The molecular formula is C23H26N4O4. The van der Waals surface area contributed by atoms with Crippen LogP contribution in [0.2, 0.25) is 0 Å². The molecule has 1 N–H and O–H groups in total. The number of carbonyl (C=O) groups is 2. The highest BCUT2D eigenvalue weighted by atomic mass is 16.2. The third-order valence-corrected chi connectivity index (χ3v) is 5.63. The van der Waals surface area contributed by atoms with Crippen LogP contribution in [0.4, 0.5) is 0 Å². The predicted molar refractivity (Wildman–Crippen MR) is 116 cm³/mol. The second kappa shape index (κ2) is 8.37. The molecule has 2 fully saturated rings. The summed E-state index contributed by atoms with van der Waals surface area (Å²) < 4.78 is 2.33. The number of hydrogen-bond acceptors (Lipinski definition) is 4. The largest absolute Gasteiger partial charge is 0.349 e. The Labute approximate surface area is 179 Å². The van der Waals surface area contributed by atoms with E-state index in [4.69, 9.17) is 0 Å². The van der Waals surface area contributed by atoms with Crippen molar-refractivity contribution in [1.82, 2.24) is 19.4 Å². The summed E-state index contributed by atoms with van der Waals surface area (Å²) in [5.41, 5.74) is 0.979. The molecule has 2 aromatic rings. The lowest BCUT2D eigenvalue weighted by molar-refractivity contribution is -0.127. The molecule has 4 rings (SSSR count). The lowest BCUT2D eigenvalue weighted by atomic mass is 10.1. The van der Waals surface area contributed by atoms with Gasteiger partial charge >= 0.3 is 5.69 Å². The molecule has 2 saturated carbocycles. The molecule has 0 aliphatic heterocycles. The zero-order valence-electron chi connectivity index (χ0n) is 17.7. The minimum Gasteiger partial charge on any atom is -0.349 e. The van der Waals surface area contributed by atoms with Gasteiger partial charge in [0, 0.05) is 50.6 Å². The summed E-state index contributed by atoms with van der Waals surface area (Å²) in [7, 11) is 2.97. The SMILES string of the molecule is Cn1cc(/C=C/C(=O)N(Cc2ccc(C(=O)NC3CC3)cc2)C2CC2)c(=O)n(C)c1=O. The number of aryl methyl sites for hydroxylation is 1. The molecule has 162 valence electrons. The van der Waals surface area contributed by atoms with Crippen LogP contribution in [0.1, 0.15) is 47.2 Å². The number of amides is 2. The van der Waals surface area contributed by atoms with E-state index in [-0.39, 0.29) is 23.4 Å². The van der Waals surface area contributed by atoms with Crippen molar-refractivity contribution in [3.05, 3.63) is 74.1 Å². The van der Waals surface area contributed by atoms with Crippen molar-refractivity contribution < 1.29 is 9.59 Å². The molecule has 1 aromatic carbocycles. The van der Waals surface area contributed by atoms with Crippen molar-refractivity contribution in [2.24, 2.45) is 14.1 Å². The molecule has 1 heterocycles. The van der Waals surface area contributed by atoms with Crippen molar-refractivity contribution >= 4 is 17.9 Å². The average Bonchev–Trinajstić information content (AvgIpc) is 3.67. The molecule has 1 aromatic heterocycles. The number of nitrogens with one attached hydrogen (secondary N) is 1. The molecule has 8 nitrogen and oxygen atoms in total. The summed E-state index contributed by atoms with van der Waals surface area (Å²) in [4.78, 5) is 50.8. The van der Waals surface area contributed by atoms with E-state index in [1.807, 2.05) is 12.1 Å². The van der Waals surface area contributed by atoms with Crippen molar-refractivity contribution in [2.75, 3.05) is 0 Å². The maximum atomic E-state index is 12.9. The van der Waals surface area contributed by atoms with E-state index in [1.165, 1.54) is 30.0 Å². The van der Waals surface area contributed by atoms with Crippen LogP contribution in [0.5, 0.6) is 0 Å². The second-order valence-corrected chi connectivity index (χ2v) is 8.32. The number of aromatic nitrogens is 2. The highest BCUT2D eigenvalue weighted by Gasteiger charge is 2.31. The molecule has 0 saturated heterocycles. The van der Waals surface area contributed by atoms with Gasteiger partial charge in [0.25, 0.3) is 11.5 Å². The fraction of sp³-hybridized carbons (Fsp3) is 0.391. The first kappa shape index (κ1) is 20.8. The van der Waals surface area contributed by atoms with Crippen LogP contribution in [-0.4, -0.2) is 37.9 Å². The summed E-state index contributed by atoms with van der Waals surface area (Å²) in [6.07, 6.45) is 8.26. The number of hydrogen-bond donors (Lipinski definition) is 1. The van der Waals surface area contributed by atoms with Gasteiger partial charge in [0.15, 0.2) is 0 Å². The summed E-state index contributed by atoms with van der Waals surface area (Å²) in [6.45, 7) is 0.434. The van der Waals surface area contributed by atoms with E-state index in [1.54, 1.807) is 24.1 Å². The third kappa shape index (κ3) is 4.84. The molecule has 0 unspecified atom stereocenters. The van der Waals surface area contributed by atoms with Gasteiger partial charge in [-0.15, -0.1) is 0 Å². The Hall–Kier alpha value is -3.42. The molecule has 2 aliphatic carbocycles. The fourth-order valence-corrected chi connectivity index (χ4v) is 3.44. The second-order valence-electron chi connectivity index (χ2n) is 8.32. The molecular weight excluding hydrogens is 396 g/mol. The molecule has 0 spiro atoms. The first-order chi connectivity index (χ1) is 14.8. The number of nitrogens with zero attached hydrogens (tertiary/aromatic N) is 3. The summed E-state index contributed by atoms with van der Waals surface area (Å²) in [6, 6.07) is 7.80. The Morgan fingerprint density at radius 3 is 2.39 bits per heavy atom. The molecule has 0 bridgehead atoms. The Balaban J connectivity index is 1.46. The highest BCUT2D eigenvalue weighted by molar-refractivity contribution is 5.94. The molecule has 2 amide bonds. The average molecular weight is 422 g/mol. The molecule has 2 aliphatic rings. The number of carbonyl (C=O) groups excluding carboxylic acids is 2. The summed E-state index contributed by atoms with van der Waals surface area (Å²) >= 11 is 0. The Morgan fingerprint density at radius 2 is 1.77 bits per heavy atom. The first-order valence-electron chi connectivity index (χ1n) is 10.5. The van der Waals surface area contributed by atoms with Crippen LogP contribution >= 0.6 is 0 Å². The zero-order chi connectivity index (χ0) is 22.1. The van der Waals surface area contributed by atoms with Crippen molar-refractivity contribution in [1.29, 1.82) is 0 Å². The Kier molecular flexibility index (Phi) is 5.63. The maximum absolute atomic E-state index is 12.9. The number of rotatable bonds is 7. The van der Waals surface area contributed by atoms with Gasteiger partial charge in [0.1, 0.15) is 0 Å². The monoisotopic (exact) mass is 422 g/mol. The zero-order valence-corrected chi connectivity index (χ0v) is 17.7. The summed E-state index contributed by atoms with van der Waals surface area (Å²) in [5, 5.41) is 2.96. The van der Waals surface area contributed by atoms with Crippen LogP contribution in [-0.2, 0) is 25.4 Å². The van der Waals surface area contributed by atoms with Crippen LogP contribution < -0.4 is 16.6 Å². The normalized spacial score (nSPS) is 15.8. The van der Waals surface area contributed by atoms with Crippen LogP contribution in [0.25, 0.3) is 6.08 Å². The van der Waals surface area contributed by atoms with Crippen molar-refractivity contribution in [2.45, 2.75) is 44.3 Å². The molecule has 31 heavy (non-hydrogen) atoms. The van der Waals surface area contributed by atoms with E-state index >= 15 is 0 Å². The van der Waals surface area contributed by atoms with Crippen molar-refractivity contribution in [3.8, 4) is 0 Å². The van der Waals surface area contributed by atoms with Gasteiger partial charge in [-0.2, -0.15) is 0 Å².